The van der Waals surface area contributed by atoms with Gasteiger partial charge in [-0.25, -0.2) is 0 Å². The van der Waals surface area contributed by atoms with Gasteiger partial charge in [0.05, 0.1) is 5.92 Å². The van der Waals surface area contributed by atoms with Crippen molar-refractivity contribution in [1.82, 2.24) is 19.8 Å². The molecule has 2 aromatic heterocycles. The maximum Gasteiger partial charge on any atom is 0.229 e. The zero-order valence-electron chi connectivity index (χ0n) is 14.4. The number of piperidine rings is 1. The Morgan fingerprint density at radius 2 is 2.00 bits per heavy atom. The molecule has 26 heavy (non-hydrogen) atoms. The third-order valence-corrected chi connectivity index (χ3v) is 5.16. The van der Waals surface area contributed by atoms with Crippen molar-refractivity contribution < 1.29 is 4.79 Å². The maximum absolute atomic E-state index is 12.7. The van der Waals surface area contributed by atoms with Crippen LogP contribution in [0.4, 0.5) is 11.5 Å². The molecule has 1 aliphatic rings. The van der Waals surface area contributed by atoms with Crippen LogP contribution < -0.4 is 10.2 Å². The summed E-state index contributed by atoms with van der Waals surface area (Å²) < 4.78 is 2.73. The fourth-order valence-corrected chi connectivity index (χ4v) is 3.50. The molecule has 1 saturated heterocycles. The molecule has 0 radical (unpaired) electrons. The molecule has 7 nitrogen and oxygen atoms in total. The highest BCUT2D eigenvalue weighted by Crippen LogP contribution is 2.23. The molecule has 4 rings (SSSR count). The van der Waals surface area contributed by atoms with Gasteiger partial charge in [0.15, 0.2) is 11.5 Å². The number of hydrogen-bond acceptors (Lipinski definition) is 5. The van der Waals surface area contributed by atoms with Gasteiger partial charge in [0, 0.05) is 23.2 Å². The van der Waals surface area contributed by atoms with E-state index in [-0.39, 0.29) is 11.8 Å². The van der Waals surface area contributed by atoms with E-state index in [2.05, 4.69) is 41.4 Å². The Hall–Kier alpha value is -2.48. The number of nitrogens with zero attached hydrogens (tertiary/aromatic N) is 5. The van der Waals surface area contributed by atoms with Crippen LogP contribution in [0.2, 0.25) is 0 Å². The van der Waals surface area contributed by atoms with Crippen molar-refractivity contribution in [2.45, 2.75) is 19.8 Å². The summed E-state index contributed by atoms with van der Waals surface area (Å²) in [7, 11) is 0. The number of carbonyl (C=O) groups is 1. The predicted octanol–water partition coefficient (Wildman–Crippen LogP) is 3.05. The van der Waals surface area contributed by atoms with Crippen LogP contribution in [-0.2, 0) is 4.79 Å². The van der Waals surface area contributed by atoms with Crippen LogP contribution >= 0.6 is 15.9 Å². The lowest BCUT2D eigenvalue weighted by molar-refractivity contribution is -0.120. The van der Waals surface area contributed by atoms with E-state index in [1.165, 1.54) is 0 Å². The van der Waals surface area contributed by atoms with Crippen molar-refractivity contribution in [3.63, 3.8) is 0 Å². The number of aryl methyl sites for hydroxylation is 1. The standard InChI is InChI=1S/C18H19BrN6O/c1-12-21-22-16-8-9-17(23-25(12)16)24-10-2-3-13(11-24)18(26)20-15-6-4-14(19)5-7-15/h4-9,13H,2-3,10-11H2,1H3,(H,20,26). The summed E-state index contributed by atoms with van der Waals surface area (Å²) in [6, 6.07) is 11.5. The molecule has 1 unspecified atom stereocenters. The number of carbonyl (C=O) groups excluding carboxylic acids is 1. The fraction of sp³-hybridized carbons (Fsp3) is 0.333. The normalized spacial score (nSPS) is 17.5. The number of aromatic nitrogens is 4. The van der Waals surface area contributed by atoms with Crippen LogP contribution in [0.3, 0.4) is 0 Å². The van der Waals surface area contributed by atoms with E-state index in [1.54, 1.807) is 4.52 Å². The predicted molar refractivity (Wildman–Crippen MR) is 103 cm³/mol. The maximum atomic E-state index is 12.7. The Bertz CT molecular complexity index is 939. The third-order valence-electron chi connectivity index (χ3n) is 4.63. The summed E-state index contributed by atoms with van der Waals surface area (Å²) in [5.41, 5.74) is 1.54. The summed E-state index contributed by atoms with van der Waals surface area (Å²) in [6.07, 6.45) is 1.84. The second-order valence-electron chi connectivity index (χ2n) is 6.49. The van der Waals surface area contributed by atoms with Crippen molar-refractivity contribution in [1.29, 1.82) is 0 Å². The topological polar surface area (TPSA) is 75.4 Å². The van der Waals surface area contributed by atoms with Gasteiger partial charge in [-0.15, -0.1) is 15.3 Å². The van der Waals surface area contributed by atoms with E-state index in [9.17, 15) is 4.79 Å². The van der Waals surface area contributed by atoms with Crippen LogP contribution in [0, 0.1) is 12.8 Å². The molecule has 134 valence electrons. The van der Waals surface area contributed by atoms with Gasteiger partial charge in [0.2, 0.25) is 5.91 Å². The van der Waals surface area contributed by atoms with Crippen molar-refractivity contribution in [3.8, 4) is 0 Å². The number of hydrogen-bond donors (Lipinski definition) is 1. The number of rotatable bonds is 3. The molecule has 1 fully saturated rings. The first-order valence-electron chi connectivity index (χ1n) is 8.60. The average molecular weight is 415 g/mol. The molecule has 1 amide bonds. The van der Waals surface area contributed by atoms with E-state index < -0.39 is 0 Å². The minimum atomic E-state index is -0.0631. The number of anilines is 2. The molecule has 0 spiro atoms. The zero-order valence-corrected chi connectivity index (χ0v) is 16.0. The third kappa shape index (κ3) is 3.41. The first-order valence-corrected chi connectivity index (χ1v) is 9.40. The molecule has 8 heteroatoms. The summed E-state index contributed by atoms with van der Waals surface area (Å²) in [5, 5.41) is 15.7. The summed E-state index contributed by atoms with van der Waals surface area (Å²) in [6.45, 7) is 3.42. The summed E-state index contributed by atoms with van der Waals surface area (Å²) in [4.78, 5) is 14.8. The lowest BCUT2D eigenvalue weighted by atomic mass is 9.97. The number of amides is 1. The lowest BCUT2D eigenvalue weighted by Crippen LogP contribution is -2.41. The molecule has 0 aliphatic carbocycles. The van der Waals surface area contributed by atoms with Gasteiger partial charge in [-0.1, -0.05) is 15.9 Å². The molecule has 1 atom stereocenters. The van der Waals surface area contributed by atoms with Crippen LogP contribution in [0.1, 0.15) is 18.7 Å². The molecule has 1 aromatic carbocycles. The van der Waals surface area contributed by atoms with Crippen molar-refractivity contribution in [3.05, 3.63) is 46.7 Å². The fourth-order valence-electron chi connectivity index (χ4n) is 3.23. The Labute approximate surface area is 159 Å². The molecular weight excluding hydrogens is 396 g/mol. The quantitative estimate of drug-likeness (QED) is 0.712. The van der Waals surface area contributed by atoms with E-state index in [1.807, 2.05) is 43.3 Å². The zero-order chi connectivity index (χ0) is 18.1. The Morgan fingerprint density at radius 1 is 1.19 bits per heavy atom. The molecule has 1 aliphatic heterocycles. The minimum Gasteiger partial charge on any atom is -0.354 e. The Morgan fingerprint density at radius 3 is 2.81 bits per heavy atom. The van der Waals surface area contributed by atoms with Gasteiger partial charge in [0.1, 0.15) is 5.82 Å². The summed E-state index contributed by atoms with van der Waals surface area (Å²) in [5.74, 6) is 1.59. The van der Waals surface area contributed by atoms with E-state index in [4.69, 9.17) is 0 Å². The summed E-state index contributed by atoms with van der Waals surface area (Å²) >= 11 is 3.40. The van der Waals surface area contributed by atoms with Gasteiger partial charge < -0.3 is 10.2 Å². The number of halogens is 1. The molecule has 0 bridgehead atoms. The number of nitrogens with one attached hydrogen (secondary N) is 1. The van der Waals surface area contributed by atoms with Gasteiger partial charge >= 0.3 is 0 Å². The van der Waals surface area contributed by atoms with Crippen LogP contribution in [0.25, 0.3) is 5.65 Å². The Kier molecular flexibility index (Phi) is 4.58. The monoisotopic (exact) mass is 414 g/mol. The first kappa shape index (κ1) is 17.0. The molecule has 1 N–H and O–H groups in total. The van der Waals surface area contributed by atoms with Crippen molar-refractivity contribution in [2.75, 3.05) is 23.3 Å². The first-order chi connectivity index (χ1) is 12.6. The SMILES string of the molecule is Cc1nnc2ccc(N3CCCC(C(=O)Nc4ccc(Br)cc4)C3)nn12. The van der Waals surface area contributed by atoms with Gasteiger partial charge in [-0.05, 0) is 56.2 Å². The van der Waals surface area contributed by atoms with E-state index in [0.717, 1.165) is 46.8 Å². The largest absolute Gasteiger partial charge is 0.354 e. The second kappa shape index (κ2) is 7.03. The number of fused-ring (bicyclic) bond motifs is 1. The minimum absolute atomic E-state index is 0.0542. The van der Waals surface area contributed by atoms with Crippen molar-refractivity contribution >= 4 is 39.0 Å². The van der Waals surface area contributed by atoms with Crippen LogP contribution in [-0.4, -0.2) is 38.8 Å². The molecule has 3 aromatic rings. The average Bonchev–Trinajstić information content (AvgIpc) is 3.04. The molecule has 0 saturated carbocycles. The second-order valence-corrected chi connectivity index (χ2v) is 7.41. The molecule has 3 heterocycles. The highest BCUT2D eigenvalue weighted by atomic mass is 79.9. The van der Waals surface area contributed by atoms with Crippen molar-refractivity contribution in [2.24, 2.45) is 5.92 Å². The molecular formula is C18H19BrN6O. The van der Waals surface area contributed by atoms with Crippen LogP contribution in [0.15, 0.2) is 40.9 Å². The highest BCUT2D eigenvalue weighted by molar-refractivity contribution is 9.10. The van der Waals surface area contributed by atoms with Gasteiger partial charge in [0.25, 0.3) is 0 Å². The van der Waals surface area contributed by atoms with Gasteiger partial charge in [-0.3, -0.25) is 4.79 Å². The Balaban J connectivity index is 1.48. The number of benzene rings is 1. The smallest absolute Gasteiger partial charge is 0.229 e. The van der Waals surface area contributed by atoms with E-state index in [0.29, 0.717) is 6.54 Å². The van der Waals surface area contributed by atoms with E-state index >= 15 is 0 Å². The highest BCUT2D eigenvalue weighted by Gasteiger charge is 2.27. The van der Waals surface area contributed by atoms with Gasteiger partial charge in [-0.2, -0.15) is 4.52 Å². The lowest BCUT2D eigenvalue weighted by Gasteiger charge is -2.32. The van der Waals surface area contributed by atoms with Crippen LogP contribution in [0.5, 0.6) is 0 Å².